The average Bonchev–Trinajstić information content (AvgIpc) is 2.16. The summed E-state index contributed by atoms with van der Waals surface area (Å²) in [6.45, 7) is 4.55. The van der Waals surface area contributed by atoms with Gasteiger partial charge in [0.25, 0.3) is 0 Å². The van der Waals surface area contributed by atoms with E-state index < -0.39 is 7.82 Å². The molecule has 2 N–H and O–H groups in total. The van der Waals surface area contributed by atoms with Crippen molar-refractivity contribution in [2.75, 3.05) is 6.61 Å². The molecule has 0 unspecified atom stereocenters. The first kappa shape index (κ1) is 16.1. The SMILES string of the molecule is CCCC(CCC)CCCCOP(=O)(O)O. The average molecular weight is 252 g/mol. The zero-order valence-electron chi connectivity index (χ0n) is 10.4. The second kappa shape index (κ2) is 9.17. The Bertz CT molecular complexity index is 196. The van der Waals surface area contributed by atoms with Crippen LogP contribution in [0.4, 0.5) is 0 Å². The molecule has 0 amide bonds. The molecule has 0 saturated carbocycles. The summed E-state index contributed by atoms with van der Waals surface area (Å²) < 4.78 is 14.8. The molecule has 0 saturated heterocycles. The molecular weight excluding hydrogens is 227 g/mol. The van der Waals surface area contributed by atoms with Gasteiger partial charge >= 0.3 is 7.82 Å². The lowest BCUT2D eigenvalue weighted by Crippen LogP contribution is -2.01. The van der Waals surface area contributed by atoms with Gasteiger partial charge in [-0.2, -0.15) is 0 Å². The maximum atomic E-state index is 10.4. The molecule has 0 aromatic rings. The van der Waals surface area contributed by atoms with Crippen molar-refractivity contribution in [3.05, 3.63) is 0 Å². The van der Waals surface area contributed by atoms with Crippen molar-refractivity contribution in [3.8, 4) is 0 Å². The van der Waals surface area contributed by atoms with Gasteiger partial charge in [-0.1, -0.05) is 52.4 Å². The fourth-order valence-corrected chi connectivity index (χ4v) is 2.33. The van der Waals surface area contributed by atoms with E-state index in [4.69, 9.17) is 9.79 Å². The van der Waals surface area contributed by atoms with E-state index in [1.165, 1.54) is 25.7 Å². The predicted molar refractivity (Wildman–Crippen MR) is 65.2 cm³/mol. The van der Waals surface area contributed by atoms with Gasteiger partial charge in [0, 0.05) is 0 Å². The number of hydrogen-bond donors (Lipinski definition) is 2. The van der Waals surface area contributed by atoms with Gasteiger partial charge in [-0.25, -0.2) is 4.57 Å². The lowest BCUT2D eigenvalue weighted by Gasteiger charge is -2.14. The fourth-order valence-electron chi connectivity index (χ4n) is 1.97. The van der Waals surface area contributed by atoms with E-state index in [0.29, 0.717) is 0 Å². The first-order chi connectivity index (χ1) is 7.49. The highest BCUT2D eigenvalue weighted by molar-refractivity contribution is 7.46. The van der Waals surface area contributed by atoms with Crippen LogP contribution in [-0.2, 0) is 9.09 Å². The van der Waals surface area contributed by atoms with Crippen LogP contribution in [0.25, 0.3) is 0 Å². The van der Waals surface area contributed by atoms with E-state index in [1.54, 1.807) is 0 Å². The monoisotopic (exact) mass is 252 g/mol. The molecule has 16 heavy (non-hydrogen) atoms. The molecule has 98 valence electrons. The summed E-state index contributed by atoms with van der Waals surface area (Å²) in [5.74, 6) is 0.769. The molecule has 0 aliphatic carbocycles. The van der Waals surface area contributed by atoms with Gasteiger partial charge in [-0.05, 0) is 12.3 Å². The van der Waals surface area contributed by atoms with Crippen molar-refractivity contribution in [1.29, 1.82) is 0 Å². The third-order valence-corrected chi connectivity index (χ3v) is 3.18. The summed E-state index contributed by atoms with van der Waals surface area (Å²) >= 11 is 0. The Morgan fingerprint density at radius 1 is 1.06 bits per heavy atom. The van der Waals surface area contributed by atoms with Gasteiger partial charge in [-0.3, -0.25) is 4.52 Å². The standard InChI is InChI=1S/C11H25O4P/c1-3-7-11(8-4-2)9-5-6-10-15-16(12,13)14/h11H,3-10H2,1-2H3,(H2,12,13,14). The minimum Gasteiger partial charge on any atom is -0.303 e. The van der Waals surface area contributed by atoms with E-state index in [9.17, 15) is 4.57 Å². The molecule has 0 bridgehead atoms. The molecule has 0 fully saturated rings. The Morgan fingerprint density at radius 3 is 2.06 bits per heavy atom. The van der Waals surface area contributed by atoms with Crippen LogP contribution in [0.5, 0.6) is 0 Å². The van der Waals surface area contributed by atoms with Crippen molar-refractivity contribution in [2.24, 2.45) is 5.92 Å². The van der Waals surface area contributed by atoms with Crippen LogP contribution >= 0.6 is 7.82 Å². The smallest absolute Gasteiger partial charge is 0.303 e. The summed E-state index contributed by atoms with van der Waals surface area (Å²) in [5, 5.41) is 0. The number of rotatable bonds is 10. The zero-order valence-corrected chi connectivity index (χ0v) is 11.3. The van der Waals surface area contributed by atoms with E-state index in [2.05, 4.69) is 18.4 Å². The Balaban J connectivity index is 3.50. The highest BCUT2D eigenvalue weighted by Gasteiger charge is 2.13. The second-order valence-electron chi connectivity index (χ2n) is 4.26. The van der Waals surface area contributed by atoms with Gasteiger partial charge in [0.1, 0.15) is 0 Å². The molecule has 5 heteroatoms. The van der Waals surface area contributed by atoms with Crippen LogP contribution in [0.2, 0.25) is 0 Å². The van der Waals surface area contributed by atoms with Crippen LogP contribution in [0.15, 0.2) is 0 Å². The molecule has 0 aromatic carbocycles. The minimum atomic E-state index is -4.26. The van der Waals surface area contributed by atoms with Gasteiger partial charge in [0.15, 0.2) is 0 Å². The molecule has 0 aromatic heterocycles. The zero-order chi connectivity index (χ0) is 12.4. The third-order valence-electron chi connectivity index (χ3n) is 2.66. The highest BCUT2D eigenvalue weighted by Crippen LogP contribution is 2.35. The molecule has 4 nitrogen and oxygen atoms in total. The summed E-state index contributed by atoms with van der Waals surface area (Å²) in [6.07, 6.45) is 7.81. The largest absolute Gasteiger partial charge is 0.469 e. The van der Waals surface area contributed by atoms with E-state index in [-0.39, 0.29) is 6.61 Å². The molecular formula is C11H25O4P. The van der Waals surface area contributed by atoms with E-state index >= 15 is 0 Å². The molecule has 0 aliphatic heterocycles. The fraction of sp³-hybridized carbons (Fsp3) is 1.00. The van der Waals surface area contributed by atoms with E-state index in [1.807, 2.05) is 0 Å². The Labute approximate surface area is 98.6 Å². The first-order valence-electron chi connectivity index (χ1n) is 6.19. The Hall–Kier alpha value is 0.110. The highest BCUT2D eigenvalue weighted by atomic mass is 31.2. The molecule has 0 heterocycles. The van der Waals surface area contributed by atoms with E-state index in [0.717, 1.165) is 25.2 Å². The molecule has 0 rings (SSSR count). The summed E-state index contributed by atoms with van der Waals surface area (Å²) in [4.78, 5) is 17.0. The predicted octanol–water partition coefficient (Wildman–Crippen LogP) is 3.48. The third kappa shape index (κ3) is 10.6. The maximum absolute atomic E-state index is 10.4. The van der Waals surface area contributed by atoms with Crippen LogP contribution < -0.4 is 0 Å². The molecule has 0 aliphatic rings. The van der Waals surface area contributed by atoms with Crippen molar-refractivity contribution in [3.63, 3.8) is 0 Å². The number of phosphoric ester groups is 1. The summed E-state index contributed by atoms with van der Waals surface area (Å²) in [6, 6.07) is 0. The second-order valence-corrected chi connectivity index (χ2v) is 5.50. The van der Waals surface area contributed by atoms with Crippen LogP contribution in [0, 0.1) is 5.92 Å². The Morgan fingerprint density at radius 2 is 1.62 bits per heavy atom. The maximum Gasteiger partial charge on any atom is 0.469 e. The van der Waals surface area contributed by atoms with Crippen LogP contribution in [0.1, 0.15) is 58.8 Å². The summed E-state index contributed by atoms with van der Waals surface area (Å²) in [7, 11) is -4.26. The van der Waals surface area contributed by atoms with Gasteiger partial charge < -0.3 is 9.79 Å². The lowest BCUT2D eigenvalue weighted by molar-refractivity contribution is 0.191. The minimum absolute atomic E-state index is 0.162. The summed E-state index contributed by atoms with van der Waals surface area (Å²) in [5.41, 5.74) is 0. The van der Waals surface area contributed by atoms with Crippen LogP contribution in [-0.4, -0.2) is 16.4 Å². The lowest BCUT2D eigenvalue weighted by atomic mass is 9.93. The van der Waals surface area contributed by atoms with Crippen molar-refractivity contribution in [1.82, 2.24) is 0 Å². The normalized spacial score (nSPS) is 12.3. The van der Waals surface area contributed by atoms with Gasteiger partial charge in [0.2, 0.25) is 0 Å². The molecule has 0 spiro atoms. The molecule has 0 atom stereocenters. The van der Waals surface area contributed by atoms with Crippen molar-refractivity contribution >= 4 is 7.82 Å². The number of unbranched alkanes of at least 4 members (excludes halogenated alkanes) is 1. The Kier molecular flexibility index (Phi) is 9.24. The first-order valence-corrected chi connectivity index (χ1v) is 7.72. The molecule has 0 radical (unpaired) electrons. The quantitative estimate of drug-likeness (QED) is 0.461. The van der Waals surface area contributed by atoms with Crippen molar-refractivity contribution in [2.45, 2.75) is 58.8 Å². The number of phosphoric acid groups is 1. The van der Waals surface area contributed by atoms with Crippen LogP contribution in [0.3, 0.4) is 0 Å². The van der Waals surface area contributed by atoms with Gasteiger partial charge in [-0.15, -0.1) is 0 Å². The van der Waals surface area contributed by atoms with Crippen molar-refractivity contribution < 1.29 is 18.9 Å². The van der Waals surface area contributed by atoms with Gasteiger partial charge in [0.05, 0.1) is 6.61 Å². The number of hydrogen-bond acceptors (Lipinski definition) is 2. The topological polar surface area (TPSA) is 66.8 Å².